The van der Waals surface area contributed by atoms with Gasteiger partial charge in [0.2, 0.25) is 0 Å². The van der Waals surface area contributed by atoms with Crippen molar-refractivity contribution >= 4 is 31.8 Å². The first-order valence-electron chi connectivity index (χ1n) is 6.34. The second kappa shape index (κ2) is 11.9. The van der Waals surface area contributed by atoms with Crippen LogP contribution >= 0.6 is 8.25 Å². The predicted octanol–water partition coefficient (Wildman–Crippen LogP) is 0.722. The van der Waals surface area contributed by atoms with Crippen LogP contribution in [0.4, 0.5) is 0 Å². The average Bonchev–Trinajstić information content (AvgIpc) is 2.42. The lowest BCUT2D eigenvalue weighted by molar-refractivity contribution is -0.143. The Hall–Kier alpha value is -1.70. The van der Waals surface area contributed by atoms with Gasteiger partial charge in [0.1, 0.15) is 0 Å². The van der Waals surface area contributed by atoms with Gasteiger partial charge in [-0.2, -0.15) is 0 Å². The summed E-state index contributed by atoms with van der Waals surface area (Å²) in [6, 6.07) is 0. The van der Waals surface area contributed by atoms with Crippen molar-refractivity contribution in [2.45, 2.75) is 26.7 Å². The normalized spacial score (nSPS) is 9.91. The molecule has 0 rings (SSSR count). The van der Waals surface area contributed by atoms with Crippen LogP contribution in [0.2, 0.25) is 0 Å². The zero-order valence-corrected chi connectivity index (χ0v) is 13.3. The summed E-state index contributed by atoms with van der Waals surface area (Å²) in [5.74, 6) is -1.85. The van der Waals surface area contributed by atoms with Crippen molar-refractivity contribution in [3.8, 4) is 0 Å². The van der Waals surface area contributed by atoms with E-state index in [9.17, 15) is 23.7 Å². The Bertz CT molecular complexity index is 394. The summed E-state index contributed by atoms with van der Waals surface area (Å²) < 4.78 is 29.6. The molecule has 0 heterocycles. The topological polar surface area (TPSA) is 122 Å². The Morgan fingerprint density at radius 2 is 1.14 bits per heavy atom. The van der Waals surface area contributed by atoms with Crippen molar-refractivity contribution in [1.29, 1.82) is 0 Å². The number of esters is 2. The molecule has 0 radical (unpaired) electrons. The van der Waals surface area contributed by atoms with Gasteiger partial charge in [-0.05, 0) is 0 Å². The molecule has 0 saturated carbocycles. The zero-order chi connectivity index (χ0) is 17.0. The molecule has 0 spiro atoms. The molecule has 0 aliphatic carbocycles. The van der Waals surface area contributed by atoms with Crippen LogP contribution in [-0.2, 0) is 42.3 Å². The Morgan fingerprint density at radius 3 is 1.45 bits per heavy atom. The largest absolute Gasteiger partial charge is 0.698 e. The molecule has 0 aliphatic rings. The third-order valence-corrected chi connectivity index (χ3v) is 2.71. The van der Waals surface area contributed by atoms with E-state index in [1.807, 2.05) is 0 Å². The number of carbonyl (C=O) groups is 4. The van der Waals surface area contributed by atoms with Crippen LogP contribution in [0.5, 0.6) is 0 Å². The van der Waals surface area contributed by atoms with E-state index in [-0.39, 0.29) is 26.1 Å². The summed E-state index contributed by atoms with van der Waals surface area (Å²) in [6.45, 7) is 1.32. The molecule has 0 unspecified atom stereocenters. The molecule has 10 heteroatoms. The maximum atomic E-state index is 11.3. The lowest BCUT2D eigenvalue weighted by atomic mass is 10.3. The first kappa shape index (κ1) is 20.3. The smallest absolute Gasteiger partial charge is 0.465 e. The van der Waals surface area contributed by atoms with Crippen LogP contribution in [0, 0.1) is 0 Å². The van der Waals surface area contributed by atoms with E-state index < -0.39 is 45.0 Å². The Kier molecular flexibility index (Phi) is 11.0. The number of ketones is 2. The third kappa shape index (κ3) is 13.3. The fourth-order valence-electron chi connectivity index (χ4n) is 1.05. The molecule has 0 fully saturated rings. The van der Waals surface area contributed by atoms with Crippen molar-refractivity contribution < 1.29 is 42.3 Å². The van der Waals surface area contributed by atoms with Gasteiger partial charge in [-0.15, -0.1) is 9.05 Å². The van der Waals surface area contributed by atoms with Gasteiger partial charge in [0.15, 0.2) is 24.8 Å². The maximum absolute atomic E-state index is 11.3. The predicted molar refractivity (Wildman–Crippen MR) is 72.0 cm³/mol. The molecule has 0 N–H and O–H groups in total. The van der Waals surface area contributed by atoms with E-state index in [2.05, 4.69) is 18.5 Å². The number of hydrogen-bond acceptors (Lipinski definition) is 9. The first-order valence-corrected chi connectivity index (χ1v) is 7.44. The van der Waals surface area contributed by atoms with Gasteiger partial charge in [-0.3, -0.25) is 19.2 Å². The summed E-state index contributed by atoms with van der Waals surface area (Å²) in [5, 5.41) is 0. The number of hydrogen-bond donors (Lipinski definition) is 0. The Morgan fingerprint density at radius 1 is 0.773 bits per heavy atom. The van der Waals surface area contributed by atoms with Crippen LogP contribution in [0.15, 0.2) is 0 Å². The van der Waals surface area contributed by atoms with Crippen LogP contribution in [0.25, 0.3) is 0 Å². The van der Waals surface area contributed by atoms with Crippen LogP contribution in [0.1, 0.15) is 26.7 Å². The highest BCUT2D eigenvalue weighted by atomic mass is 31.1. The van der Waals surface area contributed by atoms with Crippen LogP contribution in [0.3, 0.4) is 0 Å². The maximum Gasteiger partial charge on any atom is 0.698 e. The molecule has 124 valence electrons. The van der Waals surface area contributed by atoms with Crippen molar-refractivity contribution in [1.82, 2.24) is 0 Å². The van der Waals surface area contributed by atoms with Gasteiger partial charge in [0.25, 0.3) is 0 Å². The summed E-state index contributed by atoms with van der Waals surface area (Å²) in [7, 11) is -2.61. The fraction of sp³-hybridized carbons (Fsp3) is 0.667. The van der Waals surface area contributed by atoms with E-state index in [1.54, 1.807) is 0 Å². The summed E-state index contributed by atoms with van der Waals surface area (Å²) in [6.07, 6.45) is -0.131. The molecule has 0 aromatic heterocycles. The standard InChI is InChI=1S/C12H18O9P/c1-9(13)18-5-3-11(15)7-20-22(17)21-8-12(16)4-6-19-10(2)14/h3-8H2,1-2H3/q+1. The number of ether oxygens (including phenoxy) is 2. The van der Waals surface area contributed by atoms with Crippen molar-refractivity contribution in [3.05, 3.63) is 0 Å². The molecule has 0 aromatic rings. The second-order valence-electron chi connectivity index (χ2n) is 4.03. The van der Waals surface area contributed by atoms with Gasteiger partial charge >= 0.3 is 20.2 Å². The zero-order valence-electron chi connectivity index (χ0n) is 12.4. The summed E-state index contributed by atoms with van der Waals surface area (Å²) in [5.41, 5.74) is 0. The molecule has 0 atom stereocenters. The van der Waals surface area contributed by atoms with E-state index >= 15 is 0 Å². The van der Waals surface area contributed by atoms with Gasteiger partial charge in [-0.1, -0.05) is 0 Å². The first-order chi connectivity index (χ1) is 10.3. The monoisotopic (exact) mass is 337 g/mol. The molecule has 0 aromatic carbocycles. The fourth-order valence-corrected chi connectivity index (χ4v) is 1.62. The van der Waals surface area contributed by atoms with Gasteiger partial charge in [0.05, 0.1) is 13.2 Å². The quantitative estimate of drug-likeness (QED) is 0.374. The summed E-state index contributed by atoms with van der Waals surface area (Å²) in [4.78, 5) is 43.4. The minimum atomic E-state index is -2.61. The average molecular weight is 337 g/mol. The number of carbonyl (C=O) groups excluding carboxylic acids is 4. The highest BCUT2D eigenvalue weighted by Gasteiger charge is 2.24. The third-order valence-electron chi connectivity index (χ3n) is 2.03. The van der Waals surface area contributed by atoms with Crippen molar-refractivity contribution in [2.75, 3.05) is 26.4 Å². The van der Waals surface area contributed by atoms with Crippen molar-refractivity contribution in [3.63, 3.8) is 0 Å². The Labute approximate surface area is 128 Å². The molecule has 0 amide bonds. The molecular weight excluding hydrogens is 319 g/mol. The molecular formula is C12H18O9P+. The van der Waals surface area contributed by atoms with E-state index in [4.69, 9.17) is 0 Å². The van der Waals surface area contributed by atoms with Crippen LogP contribution in [-0.4, -0.2) is 49.9 Å². The molecule has 0 saturated heterocycles. The van der Waals surface area contributed by atoms with Gasteiger partial charge in [0, 0.05) is 31.3 Å². The van der Waals surface area contributed by atoms with Gasteiger partial charge in [-0.25, -0.2) is 0 Å². The highest BCUT2D eigenvalue weighted by molar-refractivity contribution is 7.33. The van der Waals surface area contributed by atoms with E-state index in [0.29, 0.717) is 0 Å². The number of Topliss-reactive ketones (excluding diaryl/α,β-unsaturated/α-hetero) is 2. The van der Waals surface area contributed by atoms with E-state index in [1.165, 1.54) is 13.8 Å². The highest BCUT2D eigenvalue weighted by Crippen LogP contribution is 2.23. The molecule has 22 heavy (non-hydrogen) atoms. The minimum Gasteiger partial charge on any atom is -0.465 e. The Balaban J connectivity index is 3.68. The van der Waals surface area contributed by atoms with Crippen LogP contribution < -0.4 is 0 Å². The lowest BCUT2D eigenvalue weighted by Crippen LogP contribution is -2.13. The number of rotatable bonds is 12. The molecule has 0 aliphatic heterocycles. The van der Waals surface area contributed by atoms with E-state index in [0.717, 1.165) is 0 Å². The molecule has 9 nitrogen and oxygen atoms in total. The van der Waals surface area contributed by atoms with Crippen molar-refractivity contribution in [2.24, 2.45) is 0 Å². The summed E-state index contributed by atoms with van der Waals surface area (Å²) >= 11 is 0. The molecule has 0 bridgehead atoms. The lowest BCUT2D eigenvalue weighted by Gasteiger charge is -1.99. The second-order valence-corrected chi connectivity index (χ2v) is 4.99. The minimum absolute atomic E-state index is 0.0654. The SMILES string of the molecule is CC(=O)OCCC(=O)CO[P+](=O)OCC(=O)CCOC(C)=O. The van der Waals surface area contributed by atoms with Gasteiger partial charge < -0.3 is 9.47 Å².